The minimum absolute atomic E-state index is 0.189. The molecule has 1 atom stereocenters. The number of nitrogens with two attached hydrogens (primary N) is 1. The molecule has 0 aliphatic rings. The highest BCUT2D eigenvalue weighted by molar-refractivity contribution is 9.10. The molecule has 0 fully saturated rings. The van der Waals surface area contributed by atoms with Gasteiger partial charge >= 0.3 is 0 Å². The molecule has 2 aromatic carbocycles. The molecule has 5 heteroatoms. The smallest absolute Gasteiger partial charge is 0.129 e. The van der Waals surface area contributed by atoms with E-state index in [1.54, 1.807) is 30.3 Å². The van der Waals surface area contributed by atoms with Gasteiger partial charge in [-0.3, -0.25) is 0 Å². The molecule has 0 spiro atoms. The lowest BCUT2D eigenvalue weighted by molar-refractivity contribution is 0.215. The Balaban J connectivity index is 2.50. The maximum absolute atomic E-state index is 13.7. The molecule has 0 heterocycles. The highest BCUT2D eigenvalue weighted by atomic mass is 79.9. The summed E-state index contributed by atoms with van der Waals surface area (Å²) in [6.45, 7) is 0. The number of aliphatic hydroxyl groups excluding tert-OH is 1. The third kappa shape index (κ3) is 2.74. The van der Waals surface area contributed by atoms with E-state index in [4.69, 9.17) is 5.73 Å². The van der Waals surface area contributed by atoms with Crippen molar-refractivity contribution in [3.05, 3.63) is 62.3 Å². The van der Waals surface area contributed by atoms with Crippen LogP contribution in [-0.4, -0.2) is 5.11 Å². The number of rotatable bonds is 2. The molecule has 0 aliphatic carbocycles. The van der Waals surface area contributed by atoms with Crippen molar-refractivity contribution in [1.82, 2.24) is 0 Å². The van der Waals surface area contributed by atoms with Gasteiger partial charge in [-0.1, -0.05) is 31.9 Å². The zero-order chi connectivity index (χ0) is 13.3. The summed E-state index contributed by atoms with van der Waals surface area (Å²) >= 11 is 6.55. The van der Waals surface area contributed by atoms with E-state index in [2.05, 4.69) is 31.9 Å². The fourth-order valence-electron chi connectivity index (χ4n) is 1.67. The summed E-state index contributed by atoms with van der Waals surface area (Å²) in [5.41, 5.74) is 6.88. The molecule has 2 aromatic rings. The van der Waals surface area contributed by atoms with Crippen LogP contribution in [0, 0.1) is 5.82 Å². The van der Waals surface area contributed by atoms with Crippen LogP contribution in [-0.2, 0) is 0 Å². The molecular weight excluding hydrogens is 365 g/mol. The van der Waals surface area contributed by atoms with Crippen LogP contribution in [0.1, 0.15) is 17.2 Å². The van der Waals surface area contributed by atoms with Gasteiger partial charge in [0.05, 0.1) is 0 Å². The molecule has 94 valence electrons. The highest BCUT2D eigenvalue weighted by Gasteiger charge is 2.18. The van der Waals surface area contributed by atoms with Gasteiger partial charge in [0, 0.05) is 25.8 Å². The van der Waals surface area contributed by atoms with Gasteiger partial charge in [0.15, 0.2) is 0 Å². The Morgan fingerprint density at radius 1 is 1.00 bits per heavy atom. The van der Waals surface area contributed by atoms with Gasteiger partial charge in [-0.2, -0.15) is 0 Å². The van der Waals surface area contributed by atoms with Crippen LogP contribution in [0.3, 0.4) is 0 Å². The Labute approximate surface area is 121 Å². The fraction of sp³-hybridized carbons (Fsp3) is 0.0769. The maximum Gasteiger partial charge on any atom is 0.129 e. The topological polar surface area (TPSA) is 46.2 Å². The molecule has 0 saturated carbocycles. The Morgan fingerprint density at radius 2 is 1.56 bits per heavy atom. The molecule has 0 radical (unpaired) electrons. The number of anilines is 1. The molecule has 0 amide bonds. The van der Waals surface area contributed by atoms with Crippen LogP contribution in [0.4, 0.5) is 10.1 Å². The fourth-order valence-corrected chi connectivity index (χ4v) is 2.43. The molecule has 2 rings (SSSR count). The van der Waals surface area contributed by atoms with Crippen molar-refractivity contribution in [1.29, 1.82) is 0 Å². The van der Waals surface area contributed by atoms with Crippen LogP contribution in [0.25, 0.3) is 0 Å². The van der Waals surface area contributed by atoms with E-state index in [1.165, 1.54) is 6.07 Å². The summed E-state index contributed by atoms with van der Waals surface area (Å²) < 4.78 is 15.2. The van der Waals surface area contributed by atoms with Crippen molar-refractivity contribution in [2.24, 2.45) is 0 Å². The lowest BCUT2D eigenvalue weighted by atomic mass is 10.00. The Hall–Kier alpha value is -0.910. The Kier molecular flexibility index (Phi) is 4.04. The number of aliphatic hydroxyl groups is 1. The number of halogens is 3. The molecule has 0 aliphatic heterocycles. The van der Waals surface area contributed by atoms with E-state index < -0.39 is 11.9 Å². The van der Waals surface area contributed by atoms with E-state index in [-0.39, 0.29) is 5.56 Å². The van der Waals surface area contributed by atoms with Crippen LogP contribution in [0.5, 0.6) is 0 Å². The highest BCUT2D eigenvalue weighted by Crippen LogP contribution is 2.31. The van der Waals surface area contributed by atoms with Crippen LogP contribution in [0.15, 0.2) is 45.3 Å². The third-order valence-corrected chi connectivity index (χ3v) is 3.58. The van der Waals surface area contributed by atoms with Crippen LogP contribution >= 0.6 is 31.9 Å². The summed E-state index contributed by atoms with van der Waals surface area (Å²) in [6.07, 6.45) is -1.10. The second kappa shape index (κ2) is 5.38. The first-order chi connectivity index (χ1) is 8.49. The molecule has 1 unspecified atom stereocenters. The van der Waals surface area contributed by atoms with Crippen molar-refractivity contribution in [3.8, 4) is 0 Å². The number of hydrogen-bond acceptors (Lipinski definition) is 2. The minimum atomic E-state index is -1.10. The summed E-state index contributed by atoms with van der Waals surface area (Å²) in [7, 11) is 0. The van der Waals surface area contributed by atoms with Gasteiger partial charge in [-0.15, -0.1) is 0 Å². The summed E-state index contributed by atoms with van der Waals surface area (Å²) in [6, 6.07) is 9.54. The zero-order valence-electron chi connectivity index (χ0n) is 9.20. The average molecular weight is 375 g/mol. The zero-order valence-corrected chi connectivity index (χ0v) is 12.4. The van der Waals surface area contributed by atoms with Gasteiger partial charge in [0.1, 0.15) is 11.9 Å². The largest absolute Gasteiger partial charge is 0.398 e. The molecule has 0 aromatic heterocycles. The van der Waals surface area contributed by atoms with Gasteiger partial charge in [0.25, 0.3) is 0 Å². The van der Waals surface area contributed by atoms with Crippen molar-refractivity contribution in [2.75, 3.05) is 5.73 Å². The molecular formula is C13H10Br2FNO. The molecule has 2 nitrogen and oxygen atoms in total. The Morgan fingerprint density at radius 3 is 2.22 bits per heavy atom. The lowest BCUT2D eigenvalue weighted by Crippen LogP contribution is -2.06. The second-order valence-corrected chi connectivity index (χ2v) is 5.67. The SMILES string of the molecule is Nc1ccc(Br)cc1C(O)c1cc(Br)ccc1F. The quantitative estimate of drug-likeness (QED) is 0.780. The normalized spacial score (nSPS) is 12.4. The summed E-state index contributed by atoms with van der Waals surface area (Å²) in [4.78, 5) is 0. The summed E-state index contributed by atoms with van der Waals surface area (Å²) in [5, 5.41) is 10.2. The van der Waals surface area contributed by atoms with E-state index >= 15 is 0 Å². The van der Waals surface area contributed by atoms with Gasteiger partial charge in [-0.05, 0) is 36.4 Å². The third-order valence-electron chi connectivity index (χ3n) is 2.60. The average Bonchev–Trinajstić information content (AvgIpc) is 2.34. The van der Waals surface area contributed by atoms with Crippen molar-refractivity contribution >= 4 is 37.5 Å². The van der Waals surface area contributed by atoms with Crippen LogP contribution < -0.4 is 5.73 Å². The van der Waals surface area contributed by atoms with Crippen molar-refractivity contribution in [3.63, 3.8) is 0 Å². The predicted octanol–water partition coefficient (Wildman–Crippen LogP) is 4.01. The second-order valence-electron chi connectivity index (χ2n) is 3.84. The lowest BCUT2D eigenvalue weighted by Gasteiger charge is -2.15. The van der Waals surface area contributed by atoms with Crippen LogP contribution in [0.2, 0.25) is 0 Å². The molecule has 0 bridgehead atoms. The standard InChI is InChI=1S/C13H10Br2FNO/c14-7-1-3-11(16)9(5-7)13(18)10-6-8(15)2-4-12(10)17/h1-6,13,18H,17H2. The van der Waals surface area contributed by atoms with Gasteiger partial charge in [-0.25, -0.2) is 4.39 Å². The first kappa shape index (κ1) is 13.5. The minimum Gasteiger partial charge on any atom is -0.398 e. The first-order valence-corrected chi connectivity index (χ1v) is 6.75. The molecule has 18 heavy (non-hydrogen) atoms. The van der Waals surface area contributed by atoms with E-state index in [0.717, 1.165) is 4.47 Å². The number of nitrogen functional groups attached to an aromatic ring is 1. The van der Waals surface area contributed by atoms with E-state index in [9.17, 15) is 9.50 Å². The maximum atomic E-state index is 13.7. The van der Waals surface area contributed by atoms with Crippen molar-refractivity contribution in [2.45, 2.75) is 6.10 Å². The predicted molar refractivity (Wildman–Crippen MR) is 76.7 cm³/mol. The van der Waals surface area contributed by atoms with E-state index in [1.807, 2.05) is 0 Å². The Bertz CT molecular complexity index is 538. The number of benzene rings is 2. The number of hydrogen-bond donors (Lipinski definition) is 2. The monoisotopic (exact) mass is 373 g/mol. The van der Waals surface area contributed by atoms with E-state index in [0.29, 0.717) is 15.7 Å². The first-order valence-electron chi connectivity index (χ1n) is 5.17. The molecule has 0 saturated heterocycles. The van der Waals surface area contributed by atoms with Crippen molar-refractivity contribution < 1.29 is 9.50 Å². The summed E-state index contributed by atoms with van der Waals surface area (Å²) in [5.74, 6) is -0.468. The van der Waals surface area contributed by atoms with Gasteiger partial charge in [0.2, 0.25) is 0 Å². The van der Waals surface area contributed by atoms with Gasteiger partial charge < -0.3 is 10.8 Å². The molecule has 3 N–H and O–H groups in total.